The van der Waals surface area contributed by atoms with Crippen LogP contribution < -0.4 is 10.1 Å². The second-order valence-corrected chi connectivity index (χ2v) is 12.0. The third kappa shape index (κ3) is 6.71. The number of aromatic nitrogens is 2. The molecule has 0 aliphatic heterocycles. The molecule has 214 valence electrons. The molecule has 4 aromatic carbocycles. The third-order valence-corrected chi connectivity index (χ3v) is 8.69. The van der Waals surface area contributed by atoms with E-state index in [0.29, 0.717) is 16.5 Å². The predicted molar refractivity (Wildman–Crippen MR) is 164 cm³/mol. The summed E-state index contributed by atoms with van der Waals surface area (Å²) in [7, 11) is -2.53. The number of sulfonamides is 1. The molecule has 0 atom stereocenters. The minimum Gasteiger partial charge on any atom is -0.497 e. The Bertz CT molecular complexity index is 1770. The van der Waals surface area contributed by atoms with Crippen LogP contribution in [0.3, 0.4) is 0 Å². The highest BCUT2D eigenvalue weighted by atomic mass is 35.5. The maximum absolute atomic E-state index is 13.7. The number of nitrogens with one attached hydrogen (secondary N) is 1. The summed E-state index contributed by atoms with van der Waals surface area (Å²) in [5, 5.41) is 3.44. The van der Waals surface area contributed by atoms with E-state index in [1.54, 1.807) is 28.8 Å². The van der Waals surface area contributed by atoms with E-state index in [0.717, 1.165) is 26.7 Å². The molecule has 0 spiro atoms. The summed E-state index contributed by atoms with van der Waals surface area (Å²) in [6, 6.07) is 30.2. The van der Waals surface area contributed by atoms with Crippen LogP contribution in [0, 0.1) is 6.92 Å². The maximum Gasteiger partial charge on any atom is 0.243 e. The zero-order valence-corrected chi connectivity index (χ0v) is 24.6. The first-order chi connectivity index (χ1) is 20.2. The van der Waals surface area contributed by atoms with Crippen LogP contribution >= 0.6 is 11.6 Å². The number of carbonyl (C=O) groups excluding carboxylic acids is 1. The van der Waals surface area contributed by atoms with Crippen molar-refractivity contribution in [2.75, 3.05) is 19.0 Å². The first-order valence-electron chi connectivity index (χ1n) is 13.1. The van der Waals surface area contributed by atoms with E-state index in [1.807, 2.05) is 79.9 Å². The van der Waals surface area contributed by atoms with Gasteiger partial charge in [-0.2, -0.15) is 4.31 Å². The Labute approximate surface area is 250 Å². The van der Waals surface area contributed by atoms with Gasteiger partial charge in [-0.05, 0) is 61.0 Å². The number of carbonyl (C=O) groups is 1. The van der Waals surface area contributed by atoms with Crippen LogP contribution in [0.25, 0.3) is 16.9 Å². The van der Waals surface area contributed by atoms with Crippen molar-refractivity contribution < 1.29 is 17.9 Å². The Morgan fingerprint density at radius 1 is 0.929 bits per heavy atom. The van der Waals surface area contributed by atoms with Crippen LogP contribution in [0.2, 0.25) is 5.02 Å². The van der Waals surface area contributed by atoms with Gasteiger partial charge in [-0.25, -0.2) is 13.4 Å². The summed E-state index contributed by atoms with van der Waals surface area (Å²) < 4.78 is 35.6. The highest BCUT2D eigenvalue weighted by Crippen LogP contribution is 2.26. The summed E-state index contributed by atoms with van der Waals surface area (Å²) >= 11 is 6.08. The van der Waals surface area contributed by atoms with Crippen LogP contribution in [0.15, 0.2) is 114 Å². The fraction of sp³-hybridized carbons (Fsp3) is 0.125. The van der Waals surface area contributed by atoms with Crippen LogP contribution in [0.1, 0.15) is 11.1 Å². The van der Waals surface area contributed by atoms with Gasteiger partial charge in [-0.1, -0.05) is 71.8 Å². The number of amides is 1. The Morgan fingerprint density at radius 3 is 2.24 bits per heavy atom. The van der Waals surface area contributed by atoms with E-state index < -0.39 is 22.5 Å². The number of hydrogen-bond acceptors (Lipinski definition) is 5. The van der Waals surface area contributed by atoms with E-state index in [4.69, 9.17) is 16.3 Å². The van der Waals surface area contributed by atoms with Gasteiger partial charge in [-0.3, -0.25) is 14.7 Å². The van der Waals surface area contributed by atoms with Gasteiger partial charge < -0.3 is 4.74 Å². The van der Waals surface area contributed by atoms with Crippen LogP contribution in [-0.4, -0.2) is 41.8 Å². The third-order valence-electron chi connectivity index (χ3n) is 6.63. The molecule has 0 aliphatic carbocycles. The molecule has 0 unspecified atom stereocenters. The van der Waals surface area contributed by atoms with Crippen molar-refractivity contribution in [2.45, 2.75) is 18.4 Å². The van der Waals surface area contributed by atoms with Gasteiger partial charge in [0.25, 0.3) is 0 Å². The molecule has 1 amide bonds. The van der Waals surface area contributed by atoms with E-state index in [9.17, 15) is 13.2 Å². The largest absolute Gasteiger partial charge is 0.497 e. The highest BCUT2D eigenvalue weighted by Gasteiger charge is 2.28. The lowest BCUT2D eigenvalue weighted by Crippen LogP contribution is -2.38. The Balaban J connectivity index is 1.47. The van der Waals surface area contributed by atoms with Gasteiger partial charge in [0.05, 0.1) is 24.2 Å². The Morgan fingerprint density at radius 2 is 1.60 bits per heavy atom. The summed E-state index contributed by atoms with van der Waals surface area (Å²) in [4.78, 5) is 18.3. The number of ether oxygens (including phenoxy) is 1. The molecule has 0 radical (unpaired) electrons. The number of imidazole rings is 1. The fourth-order valence-electron chi connectivity index (χ4n) is 4.36. The van der Waals surface area contributed by atoms with Crippen LogP contribution in [0.4, 0.5) is 5.95 Å². The van der Waals surface area contributed by atoms with Crippen molar-refractivity contribution in [3.05, 3.63) is 125 Å². The first-order valence-corrected chi connectivity index (χ1v) is 14.9. The van der Waals surface area contributed by atoms with E-state index in [-0.39, 0.29) is 17.4 Å². The number of halogens is 1. The molecule has 42 heavy (non-hydrogen) atoms. The number of anilines is 1. The number of aryl methyl sites for hydroxylation is 1. The van der Waals surface area contributed by atoms with Crippen molar-refractivity contribution in [1.82, 2.24) is 13.9 Å². The Hall–Kier alpha value is -4.44. The van der Waals surface area contributed by atoms with Crippen molar-refractivity contribution in [1.29, 1.82) is 0 Å². The minimum atomic E-state index is -4.04. The number of methoxy groups -OCH3 is 1. The van der Waals surface area contributed by atoms with Gasteiger partial charge in [0.15, 0.2) is 0 Å². The average molecular weight is 601 g/mol. The Kier molecular flexibility index (Phi) is 8.72. The van der Waals surface area contributed by atoms with E-state index >= 15 is 0 Å². The SMILES string of the molecule is COc1ccc(S(=O)(=O)N(CC(=O)Nc2nc(-c3ccc(Cl)cc3)cn2-c2ccc(C)cc2)Cc2ccccc2)cc1. The van der Waals surface area contributed by atoms with Crippen LogP contribution in [-0.2, 0) is 21.4 Å². The quantitative estimate of drug-likeness (QED) is 0.202. The average Bonchev–Trinajstić information content (AvgIpc) is 3.41. The molecule has 0 aliphatic rings. The molecule has 0 bridgehead atoms. The zero-order valence-electron chi connectivity index (χ0n) is 23.1. The minimum absolute atomic E-state index is 0.00501. The summed E-state index contributed by atoms with van der Waals surface area (Å²) in [6.45, 7) is 1.56. The molecule has 0 saturated carbocycles. The van der Waals surface area contributed by atoms with Gasteiger partial charge in [-0.15, -0.1) is 0 Å². The fourth-order valence-corrected chi connectivity index (χ4v) is 5.87. The number of nitrogens with zero attached hydrogens (tertiary/aromatic N) is 3. The molecule has 10 heteroatoms. The summed E-state index contributed by atoms with van der Waals surface area (Å²) in [5.74, 6) is 0.251. The molecular weight excluding hydrogens is 572 g/mol. The number of hydrogen-bond donors (Lipinski definition) is 1. The standard InChI is InChI=1S/C32H29ClN4O4S/c1-23-8-14-27(15-9-23)37-21-30(25-10-12-26(33)13-11-25)34-32(37)35-31(38)22-36(20-24-6-4-3-5-7-24)42(39,40)29-18-16-28(41-2)17-19-29/h3-19,21H,20,22H2,1-2H3,(H,34,35,38). The summed E-state index contributed by atoms with van der Waals surface area (Å²) in [6.07, 6.45) is 1.82. The van der Waals surface area contributed by atoms with Crippen LogP contribution in [0.5, 0.6) is 5.75 Å². The van der Waals surface area contributed by atoms with E-state index in [2.05, 4.69) is 10.3 Å². The molecule has 1 aromatic heterocycles. The number of rotatable bonds is 10. The normalized spacial score (nSPS) is 11.4. The van der Waals surface area contributed by atoms with Crippen molar-refractivity contribution in [3.8, 4) is 22.7 Å². The topological polar surface area (TPSA) is 93.5 Å². The lowest BCUT2D eigenvalue weighted by molar-refractivity contribution is -0.116. The van der Waals surface area contributed by atoms with Gasteiger partial charge in [0.2, 0.25) is 21.9 Å². The zero-order chi connectivity index (χ0) is 29.7. The van der Waals surface area contributed by atoms with Crippen molar-refractivity contribution in [2.24, 2.45) is 0 Å². The maximum atomic E-state index is 13.7. The lowest BCUT2D eigenvalue weighted by atomic mass is 10.2. The van der Waals surface area contributed by atoms with E-state index in [1.165, 1.54) is 19.2 Å². The molecule has 0 saturated heterocycles. The molecule has 5 aromatic rings. The highest BCUT2D eigenvalue weighted by molar-refractivity contribution is 7.89. The molecule has 1 heterocycles. The number of benzene rings is 4. The van der Waals surface area contributed by atoms with Crippen molar-refractivity contribution in [3.63, 3.8) is 0 Å². The predicted octanol–water partition coefficient (Wildman–Crippen LogP) is 6.34. The summed E-state index contributed by atoms with van der Waals surface area (Å²) in [5.41, 5.74) is 4.05. The van der Waals surface area contributed by atoms with Crippen molar-refractivity contribution >= 4 is 33.5 Å². The first kappa shape index (κ1) is 29.1. The molecule has 5 rings (SSSR count). The molecule has 1 N–H and O–H groups in total. The van der Waals surface area contributed by atoms with Gasteiger partial charge >= 0.3 is 0 Å². The second-order valence-electron chi connectivity index (χ2n) is 9.64. The molecular formula is C32H29ClN4O4S. The monoisotopic (exact) mass is 600 g/mol. The van der Waals surface area contributed by atoms with Gasteiger partial charge in [0, 0.05) is 29.0 Å². The lowest BCUT2D eigenvalue weighted by Gasteiger charge is -2.22. The molecule has 8 nitrogen and oxygen atoms in total. The van der Waals surface area contributed by atoms with Gasteiger partial charge in [0.1, 0.15) is 5.75 Å². The smallest absolute Gasteiger partial charge is 0.243 e. The second kappa shape index (κ2) is 12.6. The molecule has 0 fully saturated rings.